The van der Waals surface area contributed by atoms with Gasteiger partial charge in [-0.05, 0) is 35.9 Å². The Hall–Kier alpha value is -2.60. The van der Waals surface area contributed by atoms with Crippen LogP contribution < -0.4 is 10.6 Å². The molecule has 0 radical (unpaired) electrons. The summed E-state index contributed by atoms with van der Waals surface area (Å²) >= 11 is 1.38. The van der Waals surface area contributed by atoms with Crippen molar-refractivity contribution in [3.8, 4) is 0 Å². The van der Waals surface area contributed by atoms with Crippen LogP contribution in [0.15, 0.2) is 48.0 Å². The van der Waals surface area contributed by atoms with Crippen molar-refractivity contribution in [2.45, 2.75) is 44.2 Å². The van der Waals surface area contributed by atoms with E-state index < -0.39 is 6.04 Å². The highest BCUT2D eigenvalue weighted by molar-refractivity contribution is 7.12. The van der Waals surface area contributed by atoms with Crippen molar-refractivity contribution in [2.75, 3.05) is 0 Å². The number of H-pyrrole nitrogens is 1. The molecule has 3 aromatic rings. The molecule has 1 unspecified atom stereocenters. The van der Waals surface area contributed by atoms with Crippen LogP contribution in [0.25, 0.3) is 10.9 Å². The van der Waals surface area contributed by atoms with E-state index in [4.69, 9.17) is 0 Å². The fraction of sp³-hybridized carbons (Fsp3) is 0.333. The molecule has 1 aliphatic carbocycles. The Morgan fingerprint density at radius 3 is 2.74 bits per heavy atom. The highest BCUT2D eigenvalue weighted by atomic mass is 32.1. The number of hydrogen-bond acceptors (Lipinski definition) is 3. The van der Waals surface area contributed by atoms with Crippen molar-refractivity contribution in [3.05, 3.63) is 58.4 Å². The summed E-state index contributed by atoms with van der Waals surface area (Å²) in [7, 11) is 0. The number of aromatic nitrogens is 1. The molecule has 5 nitrogen and oxygen atoms in total. The van der Waals surface area contributed by atoms with Gasteiger partial charge in [-0.25, -0.2) is 0 Å². The zero-order chi connectivity index (χ0) is 18.6. The van der Waals surface area contributed by atoms with Crippen LogP contribution in [0, 0.1) is 0 Å². The third-order valence-electron chi connectivity index (χ3n) is 5.17. The number of nitrogens with one attached hydrogen (secondary N) is 3. The first-order chi connectivity index (χ1) is 13.2. The molecule has 1 aromatic carbocycles. The maximum Gasteiger partial charge on any atom is 0.262 e. The summed E-state index contributed by atoms with van der Waals surface area (Å²) in [6, 6.07) is 11.2. The van der Waals surface area contributed by atoms with E-state index in [-0.39, 0.29) is 17.9 Å². The molecule has 2 heterocycles. The third kappa shape index (κ3) is 4.06. The van der Waals surface area contributed by atoms with Gasteiger partial charge in [0.05, 0.1) is 4.88 Å². The number of rotatable bonds is 6. The van der Waals surface area contributed by atoms with E-state index in [9.17, 15) is 9.59 Å². The molecule has 0 bridgehead atoms. The molecule has 0 saturated heterocycles. The number of fused-ring (bicyclic) bond motifs is 1. The van der Waals surface area contributed by atoms with Crippen LogP contribution in [0.3, 0.4) is 0 Å². The van der Waals surface area contributed by atoms with Crippen molar-refractivity contribution in [3.63, 3.8) is 0 Å². The minimum Gasteiger partial charge on any atom is -0.361 e. The number of thiophene rings is 1. The summed E-state index contributed by atoms with van der Waals surface area (Å²) in [6.45, 7) is 0. The lowest BCUT2D eigenvalue weighted by Gasteiger charge is -2.21. The summed E-state index contributed by atoms with van der Waals surface area (Å²) in [5.74, 6) is -0.298. The van der Waals surface area contributed by atoms with E-state index in [2.05, 4.69) is 15.6 Å². The Bertz CT molecular complexity index is 926. The second-order valence-electron chi connectivity index (χ2n) is 7.06. The molecule has 1 fully saturated rings. The number of carbonyl (C=O) groups is 2. The standard InChI is InChI=1S/C21H23N3O2S/c25-20(23-15-6-1-2-7-15)18(24-21(26)19-10-5-11-27-19)12-14-13-22-17-9-4-3-8-16(14)17/h3-5,8-11,13,15,18,22H,1-2,6-7,12H2,(H,23,25)(H,24,26). The molecule has 1 saturated carbocycles. The molecule has 1 aliphatic rings. The average Bonchev–Trinajstić information content (AvgIpc) is 3.43. The summed E-state index contributed by atoms with van der Waals surface area (Å²) in [5.41, 5.74) is 2.07. The van der Waals surface area contributed by atoms with Gasteiger partial charge in [0.25, 0.3) is 5.91 Å². The van der Waals surface area contributed by atoms with E-state index >= 15 is 0 Å². The van der Waals surface area contributed by atoms with E-state index in [0.29, 0.717) is 11.3 Å². The minimum absolute atomic E-state index is 0.0999. The number of para-hydroxylation sites is 1. The molecule has 27 heavy (non-hydrogen) atoms. The van der Waals surface area contributed by atoms with Gasteiger partial charge >= 0.3 is 0 Å². The Labute approximate surface area is 162 Å². The maximum atomic E-state index is 12.9. The SMILES string of the molecule is O=C(NC(Cc1c[nH]c2ccccc12)C(=O)NC1CCCC1)c1cccs1. The molecular formula is C21H23N3O2S. The van der Waals surface area contributed by atoms with Gasteiger partial charge < -0.3 is 15.6 Å². The fourth-order valence-electron chi connectivity index (χ4n) is 3.74. The van der Waals surface area contributed by atoms with Crippen molar-refractivity contribution in [1.82, 2.24) is 15.6 Å². The Morgan fingerprint density at radius 2 is 1.96 bits per heavy atom. The van der Waals surface area contributed by atoms with Crippen molar-refractivity contribution >= 4 is 34.1 Å². The van der Waals surface area contributed by atoms with Gasteiger partial charge in [0.1, 0.15) is 6.04 Å². The number of hydrogen-bond donors (Lipinski definition) is 3. The Morgan fingerprint density at radius 1 is 1.15 bits per heavy atom. The molecule has 3 N–H and O–H groups in total. The van der Waals surface area contributed by atoms with Crippen molar-refractivity contribution in [1.29, 1.82) is 0 Å². The zero-order valence-corrected chi connectivity index (χ0v) is 15.9. The number of carbonyl (C=O) groups excluding carboxylic acids is 2. The molecule has 6 heteroatoms. The molecule has 4 rings (SSSR count). The first kappa shape index (κ1) is 17.8. The lowest BCUT2D eigenvalue weighted by molar-refractivity contribution is -0.123. The molecule has 0 aliphatic heterocycles. The third-order valence-corrected chi connectivity index (χ3v) is 6.04. The largest absolute Gasteiger partial charge is 0.361 e. The van der Waals surface area contributed by atoms with Gasteiger partial charge in [-0.15, -0.1) is 11.3 Å². The van der Waals surface area contributed by atoms with Gasteiger partial charge in [0.2, 0.25) is 5.91 Å². The van der Waals surface area contributed by atoms with Crippen molar-refractivity contribution < 1.29 is 9.59 Å². The lowest BCUT2D eigenvalue weighted by Crippen LogP contribution is -2.50. The first-order valence-corrected chi connectivity index (χ1v) is 10.3. The molecule has 2 aromatic heterocycles. The molecular weight excluding hydrogens is 358 g/mol. The Balaban J connectivity index is 1.54. The van der Waals surface area contributed by atoms with E-state index in [1.54, 1.807) is 6.07 Å². The van der Waals surface area contributed by atoms with Crippen LogP contribution in [0.1, 0.15) is 40.9 Å². The second-order valence-corrected chi connectivity index (χ2v) is 8.00. The maximum absolute atomic E-state index is 12.9. The van der Waals surface area contributed by atoms with Gasteiger partial charge in [-0.3, -0.25) is 9.59 Å². The predicted octanol–water partition coefficient (Wildman–Crippen LogP) is 3.63. The summed E-state index contributed by atoms with van der Waals surface area (Å²) in [6.07, 6.45) is 6.73. The topological polar surface area (TPSA) is 74.0 Å². The zero-order valence-electron chi connectivity index (χ0n) is 15.0. The van der Waals surface area contributed by atoms with Crippen LogP contribution in [-0.4, -0.2) is 28.9 Å². The Kier molecular flexibility index (Phi) is 5.25. The van der Waals surface area contributed by atoms with Gasteiger partial charge in [-0.2, -0.15) is 0 Å². The molecule has 1 atom stereocenters. The van der Waals surface area contributed by atoms with Crippen LogP contribution in [-0.2, 0) is 11.2 Å². The number of amides is 2. The number of aromatic amines is 1. The van der Waals surface area contributed by atoms with Crippen LogP contribution in [0.4, 0.5) is 0 Å². The summed E-state index contributed by atoms with van der Waals surface area (Å²) in [5, 5.41) is 9.02. The monoisotopic (exact) mass is 381 g/mol. The van der Waals surface area contributed by atoms with E-state index in [1.807, 2.05) is 41.9 Å². The highest BCUT2D eigenvalue weighted by Gasteiger charge is 2.26. The normalized spacial score (nSPS) is 15.7. The van der Waals surface area contributed by atoms with Gasteiger partial charge in [0.15, 0.2) is 0 Å². The van der Waals surface area contributed by atoms with E-state index in [0.717, 1.165) is 42.1 Å². The smallest absolute Gasteiger partial charge is 0.262 e. The fourth-order valence-corrected chi connectivity index (χ4v) is 4.37. The van der Waals surface area contributed by atoms with Crippen LogP contribution >= 0.6 is 11.3 Å². The number of benzene rings is 1. The minimum atomic E-state index is -0.598. The summed E-state index contributed by atoms with van der Waals surface area (Å²) in [4.78, 5) is 29.4. The van der Waals surface area contributed by atoms with Crippen LogP contribution in [0.2, 0.25) is 0 Å². The average molecular weight is 382 g/mol. The van der Waals surface area contributed by atoms with Gasteiger partial charge in [0, 0.05) is 29.6 Å². The summed E-state index contributed by atoms with van der Waals surface area (Å²) < 4.78 is 0. The van der Waals surface area contributed by atoms with Crippen molar-refractivity contribution in [2.24, 2.45) is 0 Å². The molecule has 2 amide bonds. The predicted molar refractivity (Wildman–Crippen MR) is 108 cm³/mol. The van der Waals surface area contributed by atoms with E-state index in [1.165, 1.54) is 11.3 Å². The van der Waals surface area contributed by atoms with Gasteiger partial charge in [-0.1, -0.05) is 37.1 Å². The quantitative estimate of drug-likeness (QED) is 0.610. The second kappa shape index (κ2) is 7.96. The first-order valence-electron chi connectivity index (χ1n) is 9.40. The molecule has 140 valence electrons. The lowest BCUT2D eigenvalue weighted by atomic mass is 10.0. The molecule has 0 spiro atoms. The van der Waals surface area contributed by atoms with Crippen LogP contribution in [0.5, 0.6) is 0 Å². The highest BCUT2D eigenvalue weighted by Crippen LogP contribution is 2.21.